The van der Waals surface area contributed by atoms with Crippen LogP contribution in [0.3, 0.4) is 0 Å². The lowest BCUT2D eigenvalue weighted by molar-refractivity contribution is 0.0697. The second-order valence-electron chi connectivity index (χ2n) is 4.28. The van der Waals surface area contributed by atoms with E-state index >= 15 is 0 Å². The number of carboxylic acid groups (broad SMARTS) is 1. The third kappa shape index (κ3) is 2.45. The number of aryl methyl sites for hydroxylation is 2. The molecule has 1 heterocycles. The Balaban J connectivity index is 2.48. The van der Waals surface area contributed by atoms with E-state index in [4.69, 9.17) is 10.4 Å². The normalized spacial score (nSPS) is 9.95. The first-order valence-electron chi connectivity index (χ1n) is 5.75. The number of rotatable bonds is 2. The van der Waals surface area contributed by atoms with E-state index in [-0.39, 0.29) is 5.56 Å². The molecule has 0 saturated heterocycles. The van der Waals surface area contributed by atoms with Gasteiger partial charge in [-0.05, 0) is 37.6 Å². The molecule has 4 heteroatoms. The number of aromatic carboxylic acids is 1. The summed E-state index contributed by atoms with van der Waals surface area (Å²) in [7, 11) is 0. The lowest BCUT2D eigenvalue weighted by Crippen LogP contribution is -1.97. The van der Waals surface area contributed by atoms with Crippen LogP contribution in [0.25, 0.3) is 11.3 Å². The SMILES string of the molecule is Cc1cc(-c2ccc(C(=O)O)cc2)nc(C)c1C#N. The summed E-state index contributed by atoms with van der Waals surface area (Å²) in [5, 5.41) is 17.9. The van der Waals surface area contributed by atoms with E-state index in [1.807, 2.05) is 13.0 Å². The molecule has 94 valence electrons. The zero-order valence-corrected chi connectivity index (χ0v) is 10.6. The smallest absolute Gasteiger partial charge is 0.335 e. The van der Waals surface area contributed by atoms with Crippen molar-refractivity contribution in [3.05, 3.63) is 52.7 Å². The summed E-state index contributed by atoms with van der Waals surface area (Å²) < 4.78 is 0. The molecule has 0 aliphatic carbocycles. The molecule has 0 unspecified atom stereocenters. The Bertz CT molecular complexity index is 659. The average molecular weight is 252 g/mol. The molecule has 0 bridgehead atoms. The van der Waals surface area contributed by atoms with Crippen molar-refractivity contribution >= 4 is 5.97 Å². The van der Waals surface area contributed by atoms with Crippen LogP contribution in [0.1, 0.15) is 27.2 Å². The molecule has 19 heavy (non-hydrogen) atoms. The zero-order valence-electron chi connectivity index (χ0n) is 10.6. The molecule has 0 aliphatic rings. The molecule has 2 aromatic rings. The van der Waals surface area contributed by atoms with Crippen LogP contribution < -0.4 is 0 Å². The predicted molar refractivity (Wildman–Crippen MR) is 70.8 cm³/mol. The van der Waals surface area contributed by atoms with Gasteiger partial charge in [0.05, 0.1) is 22.5 Å². The number of nitrogens with zero attached hydrogens (tertiary/aromatic N) is 2. The summed E-state index contributed by atoms with van der Waals surface area (Å²) in [6, 6.07) is 10.5. The summed E-state index contributed by atoms with van der Waals surface area (Å²) in [5.74, 6) is -0.952. The maximum Gasteiger partial charge on any atom is 0.335 e. The fourth-order valence-corrected chi connectivity index (χ4v) is 1.93. The second kappa shape index (κ2) is 4.91. The van der Waals surface area contributed by atoms with Crippen LogP contribution in [0.2, 0.25) is 0 Å². The van der Waals surface area contributed by atoms with E-state index in [1.54, 1.807) is 31.2 Å². The number of hydrogen-bond donors (Lipinski definition) is 1. The molecule has 0 radical (unpaired) electrons. The van der Waals surface area contributed by atoms with E-state index < -0.39 is 5.97 Å². The molecule has 0 aliphatic heterocycles. The fraction of sp³-hybridized carbons (Fsp3) is 0.133. The maximum atomic E-state index is 10.8. The Kier molecular flexibility index (Phi) is 3.30. The van der Waals surface area contributed by atoms with Crippen LogP contribution in [-0.4, -0.2) is 16.1 Å². The molecule has 1 aromatic heterocycles. The zero-order chi connectivity index (χ0) is 14.0. The highest BCUT2D eigenvalue weighted by molar-refractivity contribution is 5.88. The van der Waals surface area contributed by atoms with Crippen molar-refractivity contribution in [2.24, 2.45) is 0 Å². The lowest BCUT2D eigenvalue weighted by atomic mass is 10.0. The average Bonchev–Trinajstić information content (AvgIpc) is 2.38. The lowest BCUT2D eigenvalue weighted by Gasteiger charge is -2.07. The summed E-state index contributed by atoms with van der Waals surface area (Å²) in [6.07, 6.45) is 0. The second-order valence-corrected chi connectivity index (χ2v) is 4.28. The maximum absolute atomic E-state index is 10.8. The Hall–Kier alpha value is -2.67. The molecule has 0 spiro atoms. The van der Waals surface area contributed by atoms with Crippen molar-refractivity contribution in [2.45, 2.75) is 13.8 Å². The third-order valence-corrected chi connectivity index (χ3v) is 2.94. The van der Waals surface area contributed by atoms with E-state index in [0.717, 1.165) is 16.8 Å². The topological polar surface area (TPSA) is 74.0 Å². The predicted octanol–water partition coefficient (Wildman–Crippen LogP) is 2.94. The van der Waals surface area contributed by atoms with Crippen LogP contribution in [0.5, 0.6) is 0 Å². The largest absolute Gasteiger partial charge is 0.478 e. The molecule has 4 nitrogen and oxygen atoms in total. The van der Waals surface area contributed by atoms with Gasteiger partial charge in [0, 0.05) is 5.56 Å². The van der Waals surface area contributed by atoms with Gasteiger partial charge < -0.3 is 5.11 Å². The third-order valence-electron chi connectivity index (χ3n) is 2.94. The summed E-state index contributed by atoms with van der Waals surface area (Å²) in [4.78, 5) is 15.2. The van der Waals surface area contributed by atoms with E-state index in [0.29, 0.717) is 11.3 Å². The summed E-state index contributed by atoms with van der Waals surface area (Å²) >= 11 is 0. The van der Waals surface area contributed by atoms with Crippen molar-refractivity contribution in [1.29, 1.82) is 5.26 Å². The highest BCUT2D eigenvalue weighted by atomic mass is 16.4. The van der Waals surface area contributed by atoms with Crippen LogP contribution in [0.15, 0.2) is 30.3 Å². The summed E-state index contributed by atoms with van der Waals surface area (Å²) in [5.41, 5.74) is 3.95. The minimum atomic E-state index is -0.952. The van der Waals surface area contributed by atoms with Crippen LogP contribution >= 0.6 is 0 Å². The first kappa shape index (κ1) is 12.8. The molecule has 1 N–H and O–H groups in total. The quantitative estimate of drug-likeness (QED) is 0.891. The number of carbonyl (C=O) groups is 1. The number of hydrogen-bond acceptors (Lipinski definition) is 3. The standard InChI is InChI=1S/C15H12N2O2/c1-9-7-14(17-10(2)13(9)8-16)11-3-5-12(6-4-11)15(18)19/h3-7H,1-2H3,(H,18,19). The van der Waals surface area contributed by atoms with Crippen LogP contribution in [0.4, 0.5) is 0 Å². The minimum Gasteiger partial charge on any atom is -0.478 e. The first-order chi connectivity index (χ1) is 9.02. The van der Waals surface area contributed by atoms with E-state index in [1.165, 1.54) is 0 Å². The number of pyridine rings is 1. The molecule has 2 rings (SSSR count). The van der Waals surface area contributed by atoms with Gasteiger partial charge in [0.25, 0.3) is 0 Å². The van der Waals surface area contributed by atoms with Gasteiger partial charge in [-0.2, -0.15) is 5.26 Å². The van der Waals surface area contributed by atoms with Gasteiger partial charge in [-0.1, -0.05) is 12.1 Å². The van der Waals surface area contributed by atoms with Crippen LogP contribution in [0, 0.1) is 25.2 Å². The van der Waals surface area contributed by atoms with Gasteiger partial charge in [-0.3, -0.25) is 4.98 Å². The van der Waals surface area contributed by atoms with Gasteiger partial charge in [-0.15, -0.1) is 0 Å². The van der Waals surface area contributed by atoms with Crippen LogP contribution in [-0.2, 0) is 0 Å². The molecule has 0 fully saturated rings. The van der Waals surface area contributed by atoms with Gasteiger partial charge in [0.15, 0.2) is 0 Å². The fourth-order valence-electron chi connectivity index (χ4n) is 1.93. The number of nitriles is 1. The van der Waals surface area contributed by atoms with E-state index in [9.17, 15) is 4.79 Å². The minimum absolute atomic E-state index is 0.242. The van der Waals surface area contributed by atoms with Gasteiger partial charge in [0.1, 0.15) is 6.07 Å². The molecular formula is C15H12N2O2. The van der Waals surface area contributed by atoms with Gasteiger partial charge in [-0.25, -0.2) is 4.79 Å². The van der Waals surface area contributed by atoms with Crippen molar-refractivity contribution < 1.29 is 9.90 Å². The highest BCUT2D eigenvalue weighted by Gasteiger charge is 2.08. The number of carboxylic acids is 1. The highest BCUT2D eigenvalue weighted by Crippen LogP contribution is 2.22. The Labute approximate surface area is 111 Å². The Morgan fingerprint density at radius 1 is 1.26 bits per heavy atom. The van der Waals surface area contributed by atoms with Gasteiger partial charge >= 0.3 is 5.97 Å². The Morgan fingerprint density at radius 3 is 2.37 bits per heavy atom. The van der Waals surface area contributed by atoms with Crippen molar-refractivity contribution in [1.82, 2.24) is 4.98 Å². The molecule has 0 amide bonds. The summed E-state index contributed by atoms with van der Waals surface area (Å²) in [6.45, 7) is 3.66. The van der Waals surface area contributed by atoms with E-state index in [2.05, 4.69) is 11.1 Å². The first-order valence-corrected chi connectivity index (χ1v) is 5.75. The number of aromatic nitrogens is 1. The molecule has 0 saturated carbocycles. The van der Waals surface area contributed by atoms with Crippen molar-refractivity contribution in [3.63, 3.8) is 0 Å². The van der Waals surface area contributed by atoms with Gasteiger partial charge in [0.2, 0.25) is 0 Å². The van der Waals surface area contributed by atoms with Crippen molar-refractivity contribution in [3.8, 4) is 17.3 Å². The van der Waals surface area contributed by atoms with Crippen molar-refractivity contribution in [2.75, 3.05) is 0 Å². The molecule has 0 atom stereocenters. The molecular weight excluding hydrogens is 240 g/mol. The number of benzene rings is 1. The Morgan fingerprint density at radius 2 is 1.89 bits per heavy atom. The monoisotopic (exact) mass is 252 g/mol. The molecule has 1 aromatic carbocycles.